The Morgan fingerprint density at radius 3 is 1.90 bits per heavy atom. The molecule has 0 bridgehead atoms. The van der Waals surface area contributed by atoms with Gasteiger partial charge < -0.3 is 10.2 Å². The first kappa shape index (κ1) is 14.8. The second-order valence-corrected chi connectivity index (χ2v) is 5.55. The summed E-state index contributed by atoms with van der Waals surface area (Å²) in [5.41, 5.74) is 0.547. The summed E-state index contributed by atoms with van der Waals surface area (Å²) in [5.74, 6) is -0.0800. The topological polar surface area (TPSA) is 40.5 Å². The maximum atomic E-state index is 11.0. The van der Waals surface area contributed by atoms with Gasteiger partial charge in [-0.1, -0.05) is 74.5 Å². The third-order valence-electron chi connectivity index (χ3n) is 3.90. The minimum atomic E-state index is -1.24. The van der Waals surface area contributed by atoms with E-state index in [4.69, 9.17) is 0 Å². The van der Waals surface area contributed by atoms with Gasteiger partial charge in [0.2, 0.25) is 0 Å². The Balaban J connectivity index is 2.29. The Morgan fingerprint density at radius 2 is 1.40 bits per heavy atom. The number of aliphatic hydroxyl groups is 2. The zero-order valence-electron chi connectivity index (χ0n) is 12.0. The Kier molecular flexibility index (Phi) is 4.58. The highest BCUT2D eigenvalue weighted by atomic mass is 16.3. The Hall–Kier alpha value is -1.64. The molecule has 0 unspecified atom stereocenters. The number of hydrogen-bond acceptors (Lipinski definition) is 2. The van der Waals surface area contributed by atoms with Gasteiger partial charge in [-0.15, -0.1) is 0 Å². The highest BCUT2D eigenvalue weighted by Crippen LogP contribution is 2.34. The van der Waals surface area contributed by atoms with E-state index < -0.39 is 11.7 Å². The fourth-order valence-corrected chi connectivity index (χ4v) is 2.61. The van der Waals surface area contributed by atoms with E-state index in [0.29, 0.717) is 6.42 Å². The first-order chi connectivity index (χ1) is 9.55. The first-order valence-electron chi connectivity index (χ1n) is 7.05. The fourth-order valence-electron chi connectivity index (χ4n) is 2.61. The van der Waals surface area contributed by atoms with Crippen LogP contribution in [0.4, 0.5) is 0 Å². The molecule has 2 aromatic carbocycles. The first-order valence-corrected chi connectivity index (χ1v) is 7.05. The van der Waals surface area contributed by atoms with Crippen LogP contribution >= 0.6 is 0 Å². The molecule has 0 radical (unpaired) electrons. The van der Waals surface area contributed by atoms with Crippen molar-refractivity contribution in [1.82, 2.24) is 0 Å². The molecule has 0 aliphatic rings. The Morgan fingerprint density at radius 1 is 0.900 bits per heavy atom. The second kappa shape index (κ2) is 6.21. The lowest BCUT2D eigenvalue weighted by atomic mass is 9.77. The van der Waals surface area contributed by atoms with E-state index >= 15 is 0 Å². The van der Waals surface area contributed by atoms with E-state index in [1.165, 1.54) is 0 Å². The van der Waals surface area contributed by atoms with Crippen LogP contribution in [0.2, 0.25) is 0 Å². The molecule has 0 aliphatic heterocycles. The van der Waals surface area contributed by atoms with Crippen LogP contribution in [-0.4, -0.2) is 16.3 Å². The monoisotopic (exact) mass is 270 g/mol. The van der Waals surface area contributed by atoms with Crippen molar-refractivity contribution < 1.29 is 10.2 Å². The van der Waals surface area contributed by atoms with E-state index in [0.717, 1.165) is 11.1 Å². The van der Waals surface area contributed by atoms with Gasteiger partial charge >= 0.3 is 0 Å². The minimum Gasteiger partial charge on any atom is -0.389 e. The average Bonchev–Trinajstić information content (AvgIpc) is 2.48. The van der Waals surface area contributed by atoms with Crippen LogP contribution in [0.1, 0.15) is 25.0 Å². The highest BCUT2D eigenvalue weighted by molar-refractivity contribution is 5.26. The number of rotatable bonds is 5. The minimum absolute atomic E-state index is 0.0800. The highest BCUT2D eigenvalue weighted by Gasteiger charge is 2.40. The predicted octanol–water partition coefficient (Wildman–Crippen LogP) is 3.13. The summed E-state index contributed by atoms with van der Waals surface area (Å²) in [5, 5.41) is 21.6. The largest absolute Gasteiger partial charge is 0.389 e. The molecular weight excluding hydrogens is 248 g/mol. The Labute approximate surface area is 120 Å². The molecule has 0 saturated carbocycles. The summed E-state index contributed by atoms with van der Waals surface area (Å²) < 4.78 is 0. The van der Waals surface area contributed by atoms with Gasteiger partial charge in [0.25, 0.3) is 0 Å². The third kappa shape index (κ3) is 2.92. The van der Waals surface area contributed by atoms with Gasteiger partial charge in [-0.3, -0.25) is 0 Å². The van der Waals surface area contributed by atoms with Crippen LogP contribution in [0.25, 0.3) is 0 Å². The van der Waals surface area contributed by atoms with Crippen molar-refractivity contribution in [2.45, 2.75) is 32.0 Å². The number of benzene rings is 2. The van der Waals surface area contributed by atoms with Crippen LogP contribution in [0.15, 0.2) is 60.7 Å². The fraction of sp³-hybridized carbons (Fsp3) is 0.333. The molecule has 0 heterocycles. The van der Waals surface area contributed by atoms with Gasteiger partial charge in [0.05, 0.1) is 6.10 Å². The van der Waals surface area contributed by atoms with Gasteiger partial charge in [-0.05, 0) is 17.0 Å². The van der Waals surface area contributed by atoms with Crippen molar-refractivity contribution in [2.24, 2.45) is 5.92 Å². The van der Waals surface area contributed by atoms with Crippen LogP contribution in [0.3, 0.4) is 0 Å². The van der Waals surface area contributed by atoms with E-state index in [1.54, 1.807) is 0 Å². The second-order valence-electron chi connectivity index (χ2n) is 5.55. The summed E-state index contributed by atoms with van der Waals surface area (Å²) in [6.07, 6.45) is -0.406. The maximum absolute atomic E-state index is 11.0. The Bertz CT molecular complexity index is 522. The molecular formula is C18H22O2. The molecule has 0 fully saturated rings. The summed E-state index contributed by atoms with van der Waals surface area (Å²) in [4.78, 5) is 0. The van der Waals surface area contributed by atoms with Crippen molar-refractivity contribution in [3.8, 4) is 0 Å². The molecule has 20 heavy (non-hydrogen) atoms. The van der Waals surface area contributed by atoms with Crippen LogP contribution in [0.5, 0.6) is 0 Å². The standard InChI is InChI=1S/C18H22O2/c1-14(2)18(20,16-11-7-4-8-12-16)17(19)13-15-9-5-3-6-10-15/h3-12,14,17,19-20H,13H2,1-2H3/t17-,18-/m1/s1. The van der Waals surface area contributed by atoms with Crippen molar-refractivity contribution in [2.75, 3.05) is 0 Å². The number of hydrogen-bond donors (Lipinski definition) is 2. The lowest BCUT2D eigenvalue weighted by Crippen LogP contribution is -2.45. The lowest BCUT2D eigenvalue weighted by Gasteiger charge is -2.37. The van der Waals surface area contributed by atoms with Gasteiger partial charge in [0.1, 0.15) is 5.60 Å². The molecule has 0 saturated heterocycles. The van der Waals surface area contributed by atoms with Crippen molar-refractivity contribution >= 4 is 0 Å². The normalized spacial score (nSPS) is 15.8. The molecule has 2 nitrogen and oxygen atoms in total. The van der Waals surface area contributed by atoms with E-state index in [1.807, 2.05) is 74.5 Å². The van der Waals surface area contributed by atoms with E-state index in [2.05, 4.69) is 0 Å². The SMILES string of the molecule is CC(C)[C@@](O)(c1ccccc1)[C@H](O)Cc1ccccc1. The summed E-state index contributed by atoms with van der Waals surface area (Å²) >= 11 is 0. The number of aliphatic hydroxyl groups excluding tert-OH is 1. The molecule has 0 amide bonds. The van der Waals surface area contributed by atoms with Gasteiger partial charge in [-0.25, -0.2) is 0 Å². The molecule has 2 heteroatoms. The zero-order chi connectivity index (χ0) is 14.6. The van der Waals surface area contributed by atoms with Crippen molar-refractivity contribution in [3.63, 3.8) is 0 Å². The molecule has 106 valence electrons. The van der Waals surface area contributed by atoms with Crippen LogP contribution in [-0.2, 0) is 12.0 Å². The van der Waals surface area contributed by atoms with Crippen LogP contribution < -0.4 is 0 Å². The maximum Gasteiger partial charge on any atom is 0.118 e. The zero-order valence-corrected chi connectivity index (χ0v) is 12.0. The van der Waals surface area contributed by atoms with Gasteiger partial charge in [0, 0.05) is 6.42 Å². The summed E-state index contributed by atoms with van der Waals surface area (Å²) in [7, 11) is 0. The van der Waals surface area contributed by atoms with Gasteiger partial charge in [-0.2, -0.15) is 0 Å². The predicted molar refractivity (Wildman–Crippen MR) is 81.3 cm³/mol. The lowest BCUT2D eigenvalue weighted by molar-refractivity contribution is -0.111. The summed E-state index contributed by atoms with van der Waals surface area (Å²) in [6, 6.07) is 19.2. The smallest absolute Gasteiger partial charge is 0.118 e. The quantitative estimate of drug-likeness (QED) is 0.876. The van der Waals surface area contributed by atoms with E-state index in [-0.39, 0.29) is 5.92 Å². The van der Waals surface area contributed by atoms with Crippen LogP contribution in [0, 0.1) is 5.92 Å². The molecule has 0 spiro atoms. The van der Waals surface area contributed by atoms with Crippen molar-refractivity contribution in [3.05, 3.63) is 71.8 Å². The molecule has 2 atom stereocenters. The molecule has 2 rings (SSSR count). The summed E-state index contributed by atoms with van der Waals surface area (Å²) in [6.45, 7) is 3.86. The molecule has 0 aromatic heterocycles. The molecule has 0 aliphatic carbocycles. The van der Waals surface area contributed by atoms with Crippen molar-refractivity contribution in [1.29, 1.82) is 0 Å². The van der Waals surface area contributed by atoms with E-state index in [9.17, 15) is 10.2 Å². The molecule has 2 aromatic rings. The molecule has 2 N–H and O–H groups in total. The average molecular weight is 270 g/mol. The third-order valence-corrected chi connectivity index (χ3v) is 3.90. The van der Waals surface area contributed by atoms with Gasteiger partial charge in [0.15, 0.2) is 0 Å².